The van der Waals surface area contributed by atoms with E-state index in [1.54, 1.807) is 13.0 Å². The molecule has 120 valence electrons. The molecule has 1 aromatic rings. The van der Waals surface area contributed by atoms with Crippen molar-refractivity contribution in [1.82, 2.24) is 0 Å². The third-order valence-electron chi connectivity index (χ3n) is 3.69. The van der Waals surface area contributed by atoms with Gasteiger partial charge in [-0.05, 0) is 31.0 Å². The van der Waals surface area contributed by atoms with Crippen LogP contribution in [-0.2, 0) is 0 Å². The van der Waals surface area contributed by atoms with Crippen molar-refractivity contribution in [3.8, 4) is 5.75 Å². The second-order valence-electron chi connectivity index (χ2n) is 5.69. The Labute approximate surface area is 134 Å². The molecule has 3 heteroatoms. The fourth-order valence-electron chi connectivity index (χ4n) is 2.31. The molecule has 0 spiro atoms. The summed E-state index contributed by atoms with van der Waals surface area (Å²) in [7, 11) is 0. The topological polar surface area (TPSA) is 29.5 Å². The fourth-order valence-corrected chi connectivity index (χ4v) is 2.56. The molecule has 1 aromatic carbocycles. The lowest BCUT2D eigenvalue weighted by Gasteiger charge is -2.10. The van der Waals surface area contributed by atoms with E-state index in [0.717, 1.165) is 12.0 Å². The van der Waals surface area contributed by atoms with E-state index < -0.39 is 6.10 Å². The van der Waals surface area contributed by atoms with Crippen LogP contribution in [0.25, 0.3) is 0 Å². The van der Waals surface area contributed by atoms with Gasteiger partial charge < -0.3 is 9.84 Å². The molecule has 1 atom stereocenters. The van der Waals surface area contributed by atoms with E-state index in [-0.39, 0.29) is 0 Å². The van der Waals surface area contributed by atoms with Gasteiger partial charge in [-0.1, -0.05) is 69.5 Å². The molecule has 0 aliphatic heterocycles. The number of unbranched alkanes of at least 4 members (excludes halogenated alkanes) is 7. The Morgan fingerprint density at radius 2 is 1.67 bits per heavy atom. The Hall–Kier alpha value is -0.730. The number of ether oxygens (including phenoxy) is 1. The van der Waals surface area contributed by atoms with Gasteiger partial charge in [-0.15, -0.1) is 0 Å². The van der Waals surface area contributed by atoms with E-state index in [0.29, 0.717) is 17.4 Å². The highest BCUT2D eigenvalue weighted by molar-refractivity contribution is 6.32. The Kier molecular flexibility index (Phi) is 9.53. The number of aliphatic hydroxyl groups excluding tert-OH is 1. The van der Waals surface area contributed by atoms with Gasteiger partial charge >= 0.3 is 0 Å². The van der Waals surface area contributed by atoms with Crippen LogP contribution in [-0.4, -0.2) is 11.7 Å². The van der Waals surface area contributed by atoms with Gasteiger partial charge in [-0.3, -0.25) is 0 Å². The van der Waals surface area contributed by atoms with Crippen LogP contribution in [0.3, 0.4) is 0 Å². The SMILES string of the molecule is CCCCCCCCCCOc1ccc([C@H](C)O)cc1Cl. The molecule has 0 heterocycles. The van der Waals surface area contributed by atoms with Crippen molar-refractivity contribution in [3.63, 3.8) is 0 Å². The average molecular weight is 313 g/mol. The molecule has 0 bridgehead atoms. The van der Waals surface area contributed by atoms with Gasteiger partial charge in [0.05, 0.1) is 17.7 Å². The van der Waals surface area contributed by atoms with Crippen LogP contribution in [0.15, 0.2) is 18.2 Å². The monoisotopic (exact) mass is 312 g/mol. The summed E-state index contributed by atoms with van der Waals surface area (Å²) in [6.45, 7) is 4.69. The van der Waals surface area contributed by atoms with E-state index in [4.69, 9.17) is 16.3 Å². The van der Waals surface area contributed by atoms with Crippen molar-refractivity contribution in [3.05, 3.63) is 28.8 Å². The van der Waals surface area contributed by atoms with E-state index in [9.17, 15) is 5.11 Å². The maximum atomic E-state index is 9.49. The maximum Gasteiger partial charge on any atom is 0.137 e. The molecule has 0 fully saturated rings. The largest absolute Gasteiger partial charge is 0.492 e. The molecule has 0 amide bonds. The molecular formula is C18H29ClO2. The highest BCUT2D eigenvalue weighted by atomic mass is 35.5. The Morgan fingerprint density at radius 3 is 2.24 bits per heavy atom. The summed E-state index contributed by atoms with van der Waals surface area (Å²) in [4.78, 5) is 0. The van der Waals surface area contributed by atoms with Crippen molar-refractivity contribution in [2.45, 2.75) is 71.3 Å². The first-order valence-electron chi connectivity index (χ1n) is 8.25. The predicted molar refractivity (Wildman–Crippen MR) is 90.2 cm³/mol. The zero-order chi connectivity index (χ0) is 15.5. The molecule has 0 saturated carbocycles. The summed E-state index contributed by atoms with van der Waals surface area (Å²) >= 11 is 6.15. The van der Waals surface area contributed by atoms with Crippen LogP contribution in [0.1, 0.15) is 76.9 Å². The van der Waals surface area contributed by atoms with Gasteiger partial charge in [-0.25, -0.2) is 0 Å². The normalized spacial score (nSPS) is 12.4. The minimum Gasteiger partial charge on any atom is -0.492 e. The Morgan fingerprint density at radius 1 is 1.05 bits per heavy atom. The molecule has 21 heavy (non-hydrogen) atoms. The van der Waals surface area contributed by atoms with Crippen molar-refractivity contribution >= 4 is 11.6 Å². The number of halogens is 1. The van der Waals surface area contributed by atoms with Gasteiger partial charge in [0, 0.05) is 0 Å². The number of aliphatic hydroxyl groups is 1. The summed E-state index contributed by atoms with van der Waals surface area (Å²) in [6, 6.07) is 5.48. The van der Waals surface area contributed by atoms with Crippen LogP contribution in [0.4, 0.5) is 0 Å². The highest BCUT2D eigenvalue weighted by Gasteiger charge is 2.06. The first-order chi connectivity index (χ1) is 10.1. The number of rotatable bonds is 11. The maximum absolute atomic E-state index is 9.49. The first kappa shape index (κ1) is 18.3. The molecule has 0 aliphatic carbocycles. The second kappa shape index (κ2) is 10.9. The van der Waals surface area contributed by atoms with E-state index in [1.165, 1.54) is 44.9 Å². The van der Waals surface area contributed by atoms with Gasteiger partial charge in [0.1, 0.15) is 5.75 Å². The summed E-state index contributed by atoms with van der Waals surface area (Å²) in [5.41, 5.74) is 0.819. The lowest BCUT2D eigenvalue weighted by molar-refractivity contribution is 0.199. The number of benzene rings is 1. The number of hydrogen-bond donors (Lipinski definition) is 1. The fraction of sp³-hybridized carbons (Fsp3) is 0.667. The summed E-state index contributed by atoms with van der Waals surface area (Å²) in [6.07, 6.45) is 9.83. The average Bonchev–Trinajstić information content (AvgIpc) is 2.46. The van der Waals surface area contributed by atoms with Gasteiger partial charge in [0.2, 0.25) is 0 Å². The lowest BCUT2D eigenvalue weighted by Crippen LogP contribution is -1.99. The second-order valence-corrected chi connectivity index (χ2v) is 6.10. The minimum atomic E-state index is -0.496. The third kappa shape index (κ3) is 7.73. The molecule has 0 radical (unpaired) electrons. The zero-order valence-electron chi connectivity index (χ0n) is 13.4. The minimum absolute atomic E-state index is 0.496. The van der Waals surface area contributed by atoms with E-state index in [2.05, 4.69) is 6.92 Å². The standard InChI is InChI=1S/C18H29ClO2/c1-3-4-5-6-7-8-9-10-13-21-18-12-11-16(15(2)20)14-17(18)19/h11-12,14-15,20H,3-10,13H2,1-2H3/t15-/m0/s1. The summed E-state index contributed by atoms with van der Waals surface area (Å²) < 4.78 is 5.70. The summed E-state index contributed by atoms with van der Waals surface area (Å²) in [5, 5.41) is 10.1. The van der Waals surface area contributed by atoms with E-state index in [1.807, 2.05) is 12.1 Å². The smallest absolute Gasteiger partial charge is 0.137 e. The molecule has 1 rings (SSSR count). The zero-order valence-corrected chi connectivity index (χ0v) is 14.2. The molecule has 0 unspecified atom stereocenters. The van der Waals surface area contributed by atoms with Gasteiger partial charge in [0.25, 0.3) is 0 Å². The van der Waals surface area contributed by atoms with Crippen molar-refractivity contribution < 1.29 is 9.84 Å². The van der Waals surface area contributed by atoms with Crippen molar-refractivity contribution in [1.29, 1.82) is 0 Å². The molecule has 0 aliphatic rings. The summed E-state index contributed by atoms with van der Waals surface area (Å²) in [5.74, 6) is 0.712. The highest BCUT2D eigenvalue weighted by Crippen LogP contribution is 2.28. The van der Waals surface area contributed by atoms with Crippen LogP contribution >= 0.6 is 11.6 Å². The number of hydrogen-bond acceptors (Lipinski definition) is 2. The van der Waals surface area contributed by atoms with Crippen LogP contribution in [0, 0.1) is 0 Å². The molecule has 0 aromatic heterocycles. The quantitative estimate of drug-likeness (QED) is 0.514. The first-order valence-corrected chi connectivity index (χ1v) is 8.63. The van der Waals surface area contributed by atoms with Gasteiger partial charge in [0.15, 0.2) is 0 Å². The molecular weight excluding hydrogens is 284 g/mol. The van der Waals surface area contributed by atoms with Crippen LogP contribution < -0.4 is 4.74 Å². The lowest BCUT2D eigenvalue weighted by atomic mass is 10.1. The van der Waals surface area contributed by atoms with Crippen LogP contribution in [0.5, 0.6) is 5.75 Å². The predicted octanol–water partition coefficient (Wildman–Crippen LogP) is 5.91. The molecule has 0 saturated heterocycles. The van der Waals surface area contributed by atoms with Gasteiger partial charge in [-0.2, -0.15) is 0 Å². The van der Waals surface area contributed by atoms with E-state index >= 15 is 0 Å². The molecule has 2 nitrogen and oxygen atoms in total. The third-order valence-corrected chi connectivity index (χ3v) is 3.99. The van der Waals surface area contributed by atoms with Crippen molar-refractivity contribution in [2.75, 3.05) is 6.61 Å². The van der Waals surface area contributed by atoms with Crippen molar-refractivity contribution in [2.24, 2.45) is 0 Å². The Bertz CT molecular complexity index is 391. The van der Waals surface area contributed by atoms with Crippen LogP contribution in [0.2, 0.25) is 5.02 Å². The Balaban J connectivity index is 2.13. The molecule has 1 N–H and O–H groups in total.